The number of hydrogen-bond donors (Lipinski definition) is 1. The molecule has 0 saturated carbocycles. The number of carbonyl (C=O) groups is 1. The Hall–Kier alpha value is -4.71. The Balaban J connectivity index is 1.67. The predicted molar refractivity (Wildman–Crippen MR) is 162 cm³/mol. The minimum Gasteiger partial charge on any atom is -0.497 e. The lowest BCUT2D eigenvalue weighted by Crippen LogP contribution is -2.42. The zero-order chi connectivity index (χ0) is 32.0. The number of carbonyl (C=O) groups excluding carboxylic acids is 1. The number of nitriles is 1. The van der Waals surface area contributed by atoms with Crippen LogP contribution in [0.25, 0.3) is 0 Å². The van der Waals surface area contributed by atoms with Crippen molar-refractivity contribution in [3.8, 4) is 17.6 Å². The first-order chi connectivity index (χ1) is 20.8. The van der Waals surface area contributed by atoms with Crippen molar-refractivity contribution >= 4 is 11.5 Å². The van der Waals surface area contributed by atoms with Gasteiger partial charge >= 0.3 is 6.18 Å². The molecule has 0 amide bonds. The number of aryl methyl sites for hydroxylation is 2. The fourth-order valence-corrected chi connectivity index (χ4v) is 6.22. The summed E-state index contributed by atoms with van der Waals surface area (Å²) in [6.07, 6.45) is -4.19. The summed E-state index contributed by atoms with van der Waals surface area (Å²) in [7, 11) is 1.59. The number of nitrogens with zero attached hydrogens (tertiary/aromatic N) is 2. The van der Waals surface area contributed by atoms with Gasteiger partial charge in [0.1, 0.15) is 23.9 Å². The van der Waals surface area contributed by atoms with E-state index in [9.17, 15) is 23.2 Å². The maximum atomic E-state index is 14.2. The lowest BCUT2D eigenvalue weighted by atomic mass is 9.68. The molecular weight excluding hydrogens is 567 g/mol. The Morgan fingerprint density at radius 3 is 2.32 bits per heavy atom. The van der Waals surface area contributed by atoms with Crippen LogP contribution in [0.15, 0.2) is 83.3 Å². The van der Waals surface area contributed by atoms with Gasteiger partial charge in [0.2, 0.25) is 0 Å². The molecule has 1 atom stereocenters. The summed E-state index contributed by atoms with van der Waals surface area (Å²) in [4.78, 5) is 15.2. The highest BCUT2D eigenvalue weighted by atomic mass is 19.4. The topological polar surface area (TPSA) is 88.6 Å². The van der Waals surface area contributed by atoms with Crippen molar-refractivity contribution in [1.82, 2.24) is 0 Å². The molecule has 9 heteroatoms. The number of ketones is 1. The summed E-state index contributed by atoms with van der Waals surface area (Å²) < 4.78 is 53.9. The van der Waals surface area contributed by atoms with Gasteiger partial charge < -0.3 is 15.2 Å². The summed E-state index contributed by atoms with van der Waals surface area (Å²) in [5.41, 5.74) is 9.06. The molecule has 2 N–H and O–H groups in total. The Bertz CT molecular complexity index is 1730. The second kappa shape index (κ2) is 11.4. The number of Topliss-reactive ketones (excluding diaryl/α,β-unsaturated/α-hetero) is 1. The third kappa shape index (κ3) is 5.64. The molecule has 0 radical (unpaired) electrons. The molecular formula is C35H34F3N3O3. The number of hydrogen-bond acceptors (Lipinski definition) is 6. The molecule has 0 bridgehead atoms. The van der Waals surface area contributed by atoms with E-state index in [1.54, 1.807) is 31.4 Å². The van der Waals surface area contributed by atoms with Gasteiger partial charge in [-0.15, -0.1) is 0 Å². The van der Waals surface area contributed by atoms with Gasteiger partial charge in [-0.2, -0.15) is 18.4 Å². The van der Waals surface area contributed by atoms with Gasteiger partial charge in [0.05, 0.1) is 35.9 Å². The third-order valence-electron chi connectivity index (χ3n) is 8.32. The molecule has 1 unspecified atom stereocenters. The molecule has 5 rings (SSSR count). The van der Waals surface area contributed by atoms with Crippen LogP contribution >= 0.6 is 0 Å². The zero-order valence-electron chi connectivity index (χ0n) is 25.3. The molecule has 6 nitrogen and oxygen atoms in total. The summed E-state index contributed by atoms with van der Waals surface area (Å²) in [5.74, 6) is 0.170. The second-order valence-corrected chi connectivity index (χ2v) is 12.1. The molecule has 2 aliphatic rings. The highest BCUT2D eigenvalue weighted by molar-refractivity contribution is 6.02. The Morgan fingerprint density at radius 2 is 1.68 bits per heavy atom. The number of ether oxygens (including phenoxy) is 2. The average Bonchev–Trinajstić information content (AvgIpc) is 2.95. The molecule has 3 aromatic rings. The molecule has 228 valence electrons. The number of benzene rings is 3. The average molecular weight is 602 g/mol. The van der Waals surface area contributed by atoms with Crippen molar-refractivity contribution in [3.05, 3.63) is 111 Å². The molecule has 1 aliphatic heterocycles. The van der Waals surface area contributed by atoms with E-state index in [2.05, 4.69) is 6.07 Å². The Labute approximate surface area is 255 Å². The molecule has 0 spiro atoms. The molecule has 0 aromatic heterocycles. The fourth-order valence-electron chi connectivity index (χ4n) is 6.22. The van der Waals surface area contributed by atoms with Gasteiger partial charge in [-0.05, 0) is 84.3 Å². The minimum atomic E-state index is -4.68. The maximum Gasteiger partial charge on any atom is 0.418 e. The van der Waals surface area contributed by atoms with E-state index in [-0.39, 0.29) is 35.9 Å². The van der Waals surface area contributed by atoms with Crippen LogP contribution in [0.2, 0.25) is 0 Å². The van der Waals surface area contributed by atoms with E-state index in [0.29, 0.717) is 34.8 Å². The number of alkyl halides is 3. The number of allylic oxidation sites excluding steroid dienone is 3. The van der Waals surface area contributed by atoms with E-state index < -0.39 is 23.1 Å². The number of methoxy groups -OCH3 is 1. The van der Waals surface area contributed by atoms with Crippen molar-refractivity contribution < 1.29 is 27.4 Å². The van der Waals surface area contributed by atoms with Crippen LogP contribution in [0.4, 0.5) is 18.9 Å². The van der Waals surface area contributed by atoms with Crippen LogP contribution in [0.1, 0.15) is 60.4 Å². The van der Waals surface area contributed by atoms with Crippen LogP contribution in [0.3, 0.4) is 0 Å². The highest BCUT2D eigenvalue weighted by Gasteiger charge is 2.46. The number of para-hydroxylation sites is 1. The SMILES string of the molecule is COc1ccc(OCc2cc(C3C(C#N)=C(N)N(c4ccccc4C(F)(F)F)C4=C3C(=O)CC(C)(C)C4)c(C)cc2C)cc1. The molecule has 1 aliphatic carbocycles. The van der Waals surface area contributed by atoms with Crippen LogP contribution in [-0.2, 0) is 17.6 Å². The van der Waals surface area contributed by atoms with Gasteiger partial charge in [0.25, 0.3) is 0 Å². The molecule has 0 fully saturated rings. The Morgan fingerprint density at radius 1 is 1.02 bits per heavy atom. The fraction of sp³-hybridized carbons (Fsp3) is 0.314. The van der Waals surface area contributed by atoms with E-state index in [4.69, 9.17) is 15.2 Å². The van der Waals surface area contributed by atoms with Gasteiger partial charge in [-0.1, -0.05) is 38.1 Å². The number of anilines is 1. The van der Waals surface area contributed by atoms with E-state index >= 15 is 0 Å². The predicted octanol–water partition coefficient (Wildman–Crippen LogP) is 7.85. The lowest BCUT2D eigenvalue weighted by molar-refractivity contribution is -0.137. The highest BCUT2D eigenvalue weighted by Crippen LogP contribution is 2.52. The first kappa shape index (κ1) is 30.7. The number of rotatable bonds is 6. The van der Waals surface area contributed by atoms with Crippen molar-refractivity contribution in [2.75, 3.05) is 12.0 Å². The normalized spacial score (nSPS) is 18.2. The lowest BCUT2D eigenvalue weighted by Gasteiger charge is -2.44. The quantitative estimate of drug-likeness (QED) is 0.310. The van der Waals surface area contributed by atoms with Gasteiger partial charge in [-0.3, -0.25) is 9.69 Å². The summed E-state index contributed by atoms with van der Waals surface area (Å²) >= 11 is 0. The standard InChI is InChI=1S/C35H34F3N3O3/c1-20-14-21(2)25(15-22(20)19-44-24-12-10-23(43-5)11-13-24)31-26(18-39)33(40)41(28-9-7-6-8-27(28)35(36,37)38)29-16-34(3,4)17-30(42)32(29)31/h6-15,31H,16-17,19,40H2,1-5H3. The second-order valence-electron chi connectivity index (χ2n) is 12.1. The summed E-state index contributed by atoms with van der Waals surface area (Å²) in [6.45, 7) is 7.88. The first-order valence-corrected chi connectivity index (χ1v) is 14.2. The first-order valence-electron chi connectivity index (χ1n) is 14.2. The summed E-state index contributed by atoms with van der Waals surface area (Å²) in [6, 6.07) is 18.4. The van der Waals surface area contributed by atoms with Crippen molar-refractivity contribution in [2.45, 2.75) is 59.2 Å². The van der Waals surface area contributed by atoms with Crippen LogP contribution in [0, 0.1) is 30.6 Å². The molecule has 0 saturated heterocycles. The van der Waals surface area contributed by atoms with E-state index in [1.807, 2.05) is 39.8 Å². The molecule has 44 heavy (non-hydrogen) atoms. The van der Waals surface area contributed by atoms with Gasteiger partial charge in [0, 0.05) is 17.7 Å². The Kier molecular flexibility index (Phi) is 7.98. The van der Waals surface area contributed by atoms with E-state index in [0.717, 1.165) is 22.8 Å². The van der Waals surface area contributed by atoms with Crippen molar-refractivity contribution in [1.29, 1.82) is 5.26 Å². The number of halogens is 3. The zero-order valence-corrected chi connectivity index (χ0v) is 25.3. The van der Waals surface area contributed by atoms with Gasteiger partial charge in [0.15, 0.2) is 5.78 Å². The van der Waals surface area contributed by atoms with Crippen LogP contribution < -0.4 is 20.1 Å². The maximum absolute atomic E-state index is 14.2. The van der Waals surface area contributed by atoms with Crippen LogP contribution in [0.5, 0.6) is 11.5 Å². The van der Waals surface area contributed by atoms with Crippen molar-refractivity contribution in [2.24, 2.45) is 11.1 Å². The molecule has 1 heterocycles. The third-order valence-corrected chi connectivity index (χ3v) is 8.32. The smallest absolute Gasteiger partial charge is 0.418 e. The van der Waals surface area contributed by atoms with Crippen LogP contribution in [-0.4, -0.2) is 12.9 Å². The number of nitrogens with two attached hydrogens (primary N) is 1. The van der Waals surface area contributed by atoms with Gasteiger partial charge in [-0.25, -0.2) is 0 Å². The monoisotopic (exact) mass is 601 g/mol. The van der Waals surface area contributed by atoms with Crippen molar-refractivity contribution in [3.63, 3.8) is 0 Å². The summed E-state index contributed by atoms with van der Waals surface area (Å²) in [5, 5.41) is 10.5. The molecule has 3 aromatic carbocycles. The minimum absolute atomic E-state index is 0.0303. The largest absolute Gasteiger partial charge is 0.497 e. The van der Waals surface area contributed by atoms with E-state index in [1.165, 1.54) is 23.1 Å².